The highest BCUT2D eigenvalue weighted by Gasteiger charge is 2.18. The molecule has 23 heavy (non-hydrogen) atoms. The summed E-state index contributed by atoms with van der Waals surface area (Å²) in [7, 11) is 1.61. The van der Waals surface area contributed by atoms with Crippen LogP contribution in [0.3, 0.4) is 0 Å². The van der Waals surface area contributed by atoms with E-state index < -0.39 is 6.10 Å². The summed E-state index contributed by atoms with van der Waals surface area (Å²) in [5.41, 5.74) is 3.07. The zero-order chi connectivity index (χ0) is 16.8. The average Bonchev–Trinajstić information content (AvgIpc) is 2.56. The maximum atomic E-state index is 12.4. The Labute approximate surface area is 137 Å². The molecule has 0 heterocycles. The molecule has 0 unspecified atom stereocenters. The van der Waals surface area contributed by atoms with E-state index in [-0.39, 0.29) is 5.91 Å². The van der Waals surface area contributed by atoms with Gasteiger partial charge in [-0.05, 0) is 67.8 Å². The van der Waals surface area contributed by atoms with Crippen LogP contribution in [0.25, 0.3) is 0 Å². The van der Waals surface area contributed by atoms with Gasteiger partial charge >= 0.3 is 0 Å². The van der Waals surface area contributed by atoms with Crippen LogP contribution in [0.5, 0.6) is 11.5 Å². The van der Waals surface area contributed by atoms with Crippen molar-refractivity contribution < 1.29 is 14.3 Å². The summed E-state index contributed by atoms with van der Waals surface area (Å²) in [5.74, 6) is 1.31. The fraction of sp³-hybridized carbons (Fsp3) is 0.316. The molecule has 2 rings (SSSR count). The van der Waals surface area contributed by atoms with Gasteiger partial charge in [-0.3, -0.25) is 4.79 Å². The van der Waals surface area contributed by atoms with Crippen LogP contribution in [0.2, 0.25) is 0 Å². The van der Waals surface area contributed by atoms with Gasteiger partial charge in [-0.2, -0.15) is 0 Å². The van der Waals surface area contributed by atoms with Gasteiger partial charge in [-0.25, -0.2) is 0 Å². The van der Waals surface area contributed by atoms with Crippen LogP contribution in [0.1, 0.15) is 24.5 Å². The maximum Gasteiger partial charge on any atom is 0.265 e. The van der Waals surface area contributed by atoms with Crippen LogP contribution in [-0.2, 0) is 4.79 Å². The fourth-order valence-electron chi connectivity index (χ4n) is 2.17. The minimum absolute atomic E-state index is 0.157. The molecular weight excluding hydrogens is 290 g/mol. The summed E-state index contributed by atoms with van der Waals surface area (Å²) in [6.07, 6.45) is 0.0637. The van der Waals surface area contributed by atoms with Gasteiger partial charge in [0, 0.05) is 5.69 Å². The van der Waals surface area contributed by atoms with Gasteiger partial charge in [0.1, 0.15) is 11.5 Å². The Kier molecular flexibility index (Phi) is 5.63. The summed E-state index contributed by atoms with van der Waals surface area (Å²) in [6.45, 7) is 6.01. The second-order valence-corrected chi connectivity index (χ2v) is 5.48. The topological polar surface area (TPSA) is 47.6 Å². The van der Waals surface area contributed by atoms with E-state index in [0.29, 0.717) is 12.2 Å². The highest BCUT2D eigenvalue weighted by atomic mass is 16.5. The van der Waals surface area contributed by atoms with Crippen molar-refractivity contribution in [3.63, 3.8) is 0 Å². The van der Waals surface area contributed by atoms with Crippen molar-refractivity contribution in [2.75, 3.05) is 12.4 Å². The predicted molar refractivity (Wildman–Crippen MR) is 92.2 cm³/mol. The third kappa shape index (κ3) is 4.49. The number of hydrogen-bond acceptors (Lipinski definition) is 3. The van der Waals surface area contributed by atoms with Crippen LogP contribution < -0.4 is 14.8 Å². The van der Waals surface area contributed by atoms with Crippen molar-refractivity contribution in [2.45, 2.75) is 33.3 Å². The van der Waals surface area contributed by atoms with E-state index in [1.54, 1.807) is 31.4 Å². The molecule has 4 heteroatoms. The minimum Gasteiger partial charge on any atom is -0.497 e. The molecule has 0 radical (unpaired) electrons. The van der Waals surface area contributed by atoms with Crippen molar-refractivity contribution in [3.05, 3.63) is 53.6 Å². The molecule has 0 aliphatic carbocycles. The molecule has 0 aromatic heterocycles. The molecule has 0 saturated carbocycles. The summed E-state index contributed by atoms with van der Waals surface area (Å²) in [5, 5.41) is 2.87. The van der Waals surface area contributed by atoms with Crippen molar-refractivity contribution >= 4 is 11.6 Å². The second-order valence-electron chi connectivity index (χ2n) is 5.48. The summed E-state index contributed by atoms with van der Waals surface area (Å²) >= 11 is 0. The molecule has 1 N–H and O–H groups in total. The molecule has 1 atom stereocenters. The number of amides is 1. The molecular formula is C19H23NO3. The van der Waals surface area contributed by atoms with Crippen LogP contribution in [0.4, 0.5) is 5.69 Å². The first kappa shape index (κ1) is 16.9. The fourth-order valence-corrected chi connectivity index (χ4v) is 2.17. The standard InChI is InChI=1S/C19H23NO3/c1-5-18(23-17-9-6-13(2)14(3)12-17)19(21)20-15-7-10-16(22-4)11-8-15/h6-12,18H,5H2,1-4H3,(H,20,21)/t18-/m1/s1. The molecule has 0 bridgehead atoms. The SMILES string of the molecule is CC[C@@H](Oc1ccc(C)c(C)c1)C(=O)Nc1ccc(OC)cc1. The van der Waals surface area contributed by atoms with Gasteiger partial charge in [-0.1, -0.05) is 13.0 Å². The molecule has 122 valence electrons. The zero-order valence-corrected chi connectivity index (χ0v) is 14.1. The number of carbonyl (C=O) groups excluding carboxylic acids is 1. The Balaban J connectivity index is 2.03. The lowest BCUT2D eigenvalue weighted by molar-refractivity contribution is -0.122. The molecule has 0 spiro atoms. The van der Waals surface area contributed by atoms with E-state index in [9.17, 15) is 4.79 Å². The van der Waals surface area contributed by atoms with E-state index in [2.05, 4.69) is 5.32 Å². The maximum absolute atomic E-state index is 12.4. The molecule has 0 saturated heterocycles. The number of methoxy groups -OCH3 is 1. The summed E-state index contributed by atoms with van der Waals surface area (Å²) in [4.78, 5) is 12.4. The highest BCUT2D eigenvalue weighted by molar-refractivity contribution is 5.94. The van der Waals surface area contributed by atoms with Crippen molar-refractivity contribution in [1.29, 1.82) is 0 Å². The number of aryl methyl sites for hydroxylation is 2. The van der Waals surface area contributed by atoms with Crippen molar-refractivity contribution in [3.8, 4) is 11.5 Å². The van der Waals surface area contributed by atoms with Crippen LogP contribution in [0, 0.1) is 13.8 Å². The first-order valence-corrected chi connectivity index (χ1v) is 7.72. The minimum atomic E-state index is -0.529. The smallest absolute Gasteiger partial charge is 0.265 e. The number of rotatable bonds is 6. The Morgan fingerprint density at radius 3 is 2.26 bits per heavy atom. The zero-order valence-electron chi connectivity index (χ0n) is 14.1. The molecule has 0 aliphatic heterocycles. The normalized spacial score (nSPS) is 11.7. The van der Waals surface area contributed by atoms with E-state index in [4.69, 9.17) is 9.47 Å². The first-order chi connectivity index (χ1) is 11.0. The molecule has 2 aromatic rings. The highest BCUT2D eigenvalue weighted by Crippen LogP contribution is 2.20. The molecule has 1 amide bonds. The number of carbonyl (C=O) groups is 1. The second kappa shape index (κ2) is 7.68. The third-order valence-corrected chi connectivity index (χ3v) is 3.78. The number of anilines is 1. The van der Waals surface area contributed by atoms with E-state index in [1.165, 1.54) is 5.56 Å². The van der Waals surface area contributed by atoms with Crippen molar-refractivity contribution in [2.24, 2.45) is 0 Å². The number of ether oxygens (including phenoxy) is 2. The number of hydrogen-bond donors (Lipinski definition) is 1. The van der Waals surface area contributed by atoms with Gasteiger partial charge in [0.15, 0.2) is 6.10 Å². The van der Waals surface area contributed by atoms with Gasteiger partial charge in [0.05, 0.1) is 7.11 Å². The van der Waals surface area contributed by atoms with Crippen molar-refractivity contribution in [1.82, 2.24) is 0 Å². The van der Waals surface area contributed by atoms with E-state index in [1.807, 2.05) is 39.0 Å². The number of benzene rings is 2. The van der Waals surface area contributed by atoms with Gasteiger partial charge in [-0.15, -0.1) is 0 Å². The van der Waals surface area contributed by atoms with Gasteiger partial charge in [0.25, 0.3) is 5.91 Å². The Morgan fingerprint density at radius 2 is 1.70 bits per heavy atom. The van der Waals surface area contributed by atoms with Gasteiger partial charge in [0.2, 0.25) is 0 Å². The average molecular weight is 313 g/mol. The number of nitrogens with one attached hydrogen (secondary N) is 1. The summed E-state index contributed by atoms with van der Waals surface area (Å²) in [6, 6.07) is 13.1. The van der Waals surface area contributed by atoms with Gasteiger partial charge < -0.3 is 14.8 Å². The van der Waals surface area contributed by atoms with Crippen LogP contribution >= 0.6 is 0 Å². The largest absolute Gasteiger partial charge is 0.497 e. The Morgan fingerprint density at radius 1 is 1.04 bits per heavy atom. The lowest BCUT2D eigenvalue weighted by atomic mass is 10.1. The Bertz CT molecular complexity index is 665. The van der Waals surface area contributed by atoms with E-state index in [0.717, 1.165) is 17.0 Å². The summed E-state index contributed by atoms with van der Waals surface area (Å²) < 4.78 is 10.9. The lowest BCUT2D eigenvalue weighted by Crippen LogP contribution is -2.32. The quantitative estimate of drug-likeness (QED) is 0.873. The first-order valence-electron chi connectivity index (χ1n) is 7.72. The Hall–Kier alpha value is -2.49. The molecule has 2 aromatic carbocycles. The third-order valence-electron chi connectivity index (χ3n) is 3.78. The monoisotopic (exact) mass is 313 g/mol. The van der Waals surface area contributed by atoms with Crippen LogP contribution in [-0.4, -0.2) is 19.1 Å². The molecule has 4 nitrogen and oxygen atoms in total. The molecule has 0 aliphatic rings. The van der Waals surface area contributed by atoms with E-state index >= 15 is 0 Å². The predicted octanol–water partition coefficient (Wildman–Crippen LogP) is 4.11. The lowest BCUT2D eigenvalue weighted by Gasteiger charge is -2.18. The molecule has 0 fully saturated rings. The van der Waals surface area contributed by atoms with Crippen LogP contribution in [0.15, 0.2) is 42.5 Å².